The summed E-state index contributed by atoms with van der Waals surface area (Å²) in [5.41, 5.74) is -0.365. The standard InChI is InChI=1S/C21H23NO3/c23-19-15-21(10-3-4-11-21)20(24)22(19)12-5-13-25-18-9-8-16-6-1-2-7-17(16)14-18/h1-2,6-9,14H,3-5,10-13,15H2. The summed E-state index contributed by atoms with van der Waals surface area (Å²) in [6, 6.07) is 14.2. The number of benzene rings is 2. The van der Waals surface area contributed by atoms with Crippen molar-refractivity contribution in [3.8, 4) is 5.75 Å². The van der Waals surface area contributed by atoms with Crippen LogP contribution in [0.4, 0.5) is 0 Å². The maximum absolute atomic E-state index is 12.6. The van der Waals surface area contributed by atoms with Gasteiger partial charge in [-0.1, -0.05) is 43.2 Å². The number of carbonyl (C=O) groups excluding carboxylic acids is 2. The fraction of sp³-hybridized carbons (Fsp3) is 0.429. The molecule has 0 bridgehead atoms. The molecule has 1 saturated heterocycles. The first kappa shape index (κ1) is 16.1. The molecule has 2 fully saturated rings. The first-order valence-corrected chi connectivity index (χ1v) is 9.14. The average Bonchev–Trinajstić information content (AvgIpc) is 3.18. The van der Waals surface area contributed by atoms with Gasteiger partial charge in [0.05, 0.1) is 12.0 Å². The first-order chi connectivity index (χ1) is 12.2. The van der Waals surface area contributed by atoms with E-state index in [9.17, 15) is 9.59 Å². The zero-order chi connectivity index (χ0) is 17.3. The zero-order valence-electron chi connectivity index (χ0n) is 14.4. The normalized spacial score (nSPS) is 19.3. The molecule has 2 aliphatic rings. The molecular formula is C21H23NO3. The van der Waals surface area contributed by atoms with Gasteiger partial charge in [-0.05, 0) is 42.2 Å². The number of amides is 2. The molecule has 130 valence electrons. The zero-order valence-corrected chi connectivity index (χ0v) is 14.4. The van der Waals surface area contributed by atoms with Gasteiger partial charge in [0.25, 0.3) is 0 Å². The predicted molar refractivity (Wildman–Crippen MR) is 96.3 cm³/mol. The molecule has 4 heteroatoms. The second-order valence-corrected chi connectivity index (χ2v) is 7.23. The number of ether oxygens (including phenoxy) is 1. The van der Waals surface area contributed by atoms with Crippen LogP contribution in [0.2, 0.25) is 0 Å². The van der Waals surface area contributed by atoms with E-state index in [2.05, 4.69) is 12.1 Å². The van der Waals surface area contributed by atoms with Gasteiger partial charge < -0.3 is 4.74 Å². The fourth-order valence-electron chi connectivity index (χ4n) is 4.20. The lowest BCUT2D eigenvalue weighted by molar-refractivity contribution is -0.141. The molecule has 25 heavy (non-hydrogen) atoms. The Morgan fingerprint density at radius 3 is 2.56 bits per heavy atom. The molecule has 0 unspecified atom stereocenters. The summed E-state index contributed by atoms with van der Waals surface area (Å²) in [5, 5.41) is 2.33. The Labute approximate surface area is 147 Å². The number of imide groups is 1. The molecule has 0 aromatic heterocycles. The molecule has 1 spiro atoms. The Bertz CT molecular complexity index is 808. The molecule has 1 saturated carbocycles. The number of hydrogen-bond acceptors (Lipinski definition) is 3. The molecule has 0 atom stereocenters. The summed E-state index contributed by atoms with van der Waals surface area (Å²) in [7, 11) is 0. The van der Waals surface area contributed by atoms with Crippen molar-refractivity contribution in [1.82, 2.24) is 4.90 Å². The molecule has 1 heterocycles. The second kappa shape index (κ2) is 6.51. The summed E-state index contributed by atoms with van der Waals surface area (Å²) in [6.45, 7) is 0.968. The molecular weight excluding hydrogens is 314 g/mol. The van der Waals surface area contributed by atoms with E-state index in [1.165, 1.54) is 10.3 Å². The maximum Gasteiger partial charge on any atom is 0.235 e. The van der Waals surface area contributed by atoms with Gasteiger partial charge in [-0.2, -0.15) is 0 Å². The van der Waals surface area contributed by atoms with Gasteiger partial charge in [0, 0.05) is 13.0 Å². The van der Waals surface area contributed by atoms with E-state index < -0.39 is 0 Å². The van der Waals surface area contributed by atoms with Crippen LogP contribution in [0, 0.1) is 5.41 Å². The van der Waals surface area contributed by atoms with Crippen molar-refractivity contribution in [2.75, 3.05) is 13.2 Å². The molecule has 4 rings (SSSR count). The van der Waals surface area contributed by atoms with Gasteiger partial charge >= 0.3 is 0 Å². The molecule has 1 aliphatic carbocycles. The van der Waals surface area contributed by atoms with Crippen LogP contribution in [0.25, 0.3) is 10.8 Å². The fourth-order valence-corrected chi connectivity index (χ4v) is 4.20. The maximum atomic E-state index is 12.6. The molecule has 0 N–H and O–H groups in total. The van der Waals surface area contributed by atoms with Crippen LogP contribution in [0.15, 0.2) is 42.5 Å². The third kappa shape index (κ3) is 3.01. The van der Waals surface area contributed by atoms with Crippen molar-refractivity contribution >= 4 is 22.6 Å². The highest BCUT2D eigenvalue weighted by Crippen LogP contribution is 2.46. The summed E-state index contributed by atoms with van der Waals surface area (Å²) >= 11 is 0. The number of rotatable bonds is 5. The Morgan fingerprint density at radius 2 is 1.76 bits per heavy atom. The summed E-state index contributed by atoms with van der Waals surface area (Å²) in [4.78, 5) is 26.3. The highest BCUT2D eigenvalue weighted by molar-refractivity contribution is 6.06. The SMILES string of the molecule is O=C1CC2(CCCC2)C(=O)N1CCCOc1ccc2ccccc2c1. The van der Waals surface area contributed by atoms with Gasteiger partial charge in [0.1, 0.15) is 5.75 Å². The number of hydrogen-bond donors (Lipinski definition) is 0. The summed E-state index contributed by atoms with van der Waals surface area (Å²) < 4.78 is 5.81. The van der Waals surface area contributed by atoms with E-state index in [1.54, 1.807) is 0 Å². The third-order valence-electron chi connectivity index (χ3n) is 5.57. The molecule has 2 aromatic rings. The minimum atomic E-state index is -0.365. The Hall–Kier alpha value is -2.36. The first-order valence-electron chi connectivity index (χ1n) is 9.14. The average molecular weight is 337 g/mol. The highest BCUT2D eigenvalue weighted by atomic mass is 16.5. The van der Waals surface area contributed by atoms with Crippen molar-refractivity contribution in [3.63, 3.8) is 0 Å². The van der Waals surface area contributed by atoms with Gasteiger partial charge in [0.15, 0.2) is 0 Å². The minimum absolute atomic E-state index is 0.00222. The van der Waals surface area contributed by atoms with Crippen molar-refractivity contribution in [2.24, 2.45) is 5.41 Å². The number of likely N-dealkylation sites (tertiary alicyclic amines) is 1. The Kier molecular flexibility index (Phi) is 4.20. The minimum Gasteiger partial charge on any atom is -0.494 e. The summed E-state index contributed by atoms with van der Waals surface area (Å²) in [6.07, 6.45) is 4.97. The lowest BCUT2D eigenvalue weighted by Gasteiger charge is -2.20. The van der Waals surface area contributed by atoms with E-state index >= 15 is 0 Å². The quantitative estimate of drug-likeness (QED) is 0.613. The Morgan fingerprint density at radius 1 is 1.00 bits per heavy atom. The van der Waals surface area contributed by atoms with Crippen LogP contribution in [0.1, 0.15) is 38.5 Å². The lowest BCUT2D eigenvalue weighted by atomic mass is 9.84. The van der Waals surface area contributed by atoms with E-state index in [0.29, 0.717) is 26.0 Å². The van der Waals surface area contributed by atoms with Crippen LogP contribution in [0.5, 0.6) is 5.75 Å². The predicted octanol–water partition coefficient (Wildman–Crippen LogP) is 3.93. The van der Waals surface area contributed by atoms with Gasteiger partial charge in [0.2, 0.25) is 11.8 Å². The molecule has 2 amide bonds. The summed E-state index contributed by atoms with van der Waals surface area (Å²) in [5.74, 6) is 0.878. The van der Waals surface area contributed by atoms with E-state index in [4.69, 9.17) is 4.74 Å². The third-order valence-corrected chi connectivity index (χ3v) is 5.57. The second-order valence-electron chi connectivity index (χ2n) is 7.23. The number of carbonyl (C=O) groups is 2. The van der Waals surface area contributed by atoms with Crippen LogP contribution in [-0.2, 0) is 9.59 Å². The van der Waals surface area contributed by atoms with Crippen LogP contribution < -0.4 is 4.74 Å². The monoisotopic (exact) mass is 337 g/mol. The van der Waals surface area contributed by atoms with Crippen LogP contribution in [0.3, 0.4) is 0 Å². The van der Waals surface area contributed by atoms with Crippen molar-refractivity contribution < 1.29 is 14.3 Å². The van der Waals surface area contributed by atoms with Gasteiger partial charge in [-0.25, -0.2) is 0 Å². The highest BCUT2D eigenvalue weighted by Gasteiger charge is 2.52. The molecule has 4 nitrogen and oxygen atoms in total. The van der Waals surface area contributed by atoms with E-state index in [-0.39, 0.29) is 17.2 Å². The van der Waals surface area contributed by atoms with Gasteiger partial charge in [-0.3, -0.25) is 14.5 Å². The van der Waals surface area contributed by atoms with Crippen molar-refractivity contribution in [3.05, 3.63) is 42.5 Å². The van der Waals surface area contributed by atoms with Crippen LogP contribution in [-0.4, -0.2) is 29.9 Å². The molecule has 0 radical (unpaired) electrons. The lowest BCUT2D eigenvalue weighted by Crippen LogP contribution is -2.35. The Balaban J connectivity index is 1.31. The smallest absolute Gasteiger partial charge is 0.235 e. The topological polar surface area (TPSA) is 46.6 Å². The van der Waals surface area contributed by atoms with E-state index in [1.807, 2.05) is 30.3 Å². The van der Waals surface area contributed by atoms with E-state index in [0.717, 1.165) is 36.8 Å². The number of nitrogens with zero attached hydrogens (tertiary/aromatic N) is 1. The van der Waals surface area contributed by atoms with Crippen LogP contribution >= 0.6 is 0 Å². The van der Waals surface area contributed by atoms with Crippen molar-refractivity contribution in [2.45, 2.75) is 38.5 Å². The number of fused-ring (bicyclic) bond motifs is 1. The molecule has 2 aromatic carbocycles. The largest absolute Gasteiger partial charge is 0.494 e. The van der Waals surface area contributed by atoms with Crippen molar-refractivity contribution in [1.29, 1.82) is 0 Å². The molecule has 1 aliphatic heterocycles. The van der Waals surface area contributed by atoms with Gasteiger partial charge in [-0.15, -0.1) is 0 Å².